The quantitative estimate of drug-likeness (QED) is 0.570. The lowest BCUT2D eigenvalue weighted by Gasteiger charge is -1.93. The average molecular weight is 176 g/mol. The van der Waals surface area contributed by atoms with Gasteiger partial charge in [0.1, 0.15) is 0 Å². The third-order valence-corrected chi connectivity index (χ3v) is 1.96. The summed E-state index contributed by atoms with van der Waals surface area (Å²) in [5, 5.41) is 2.68. The summed E-state index contributed by atoms with van der Waals surface area (Å²) >= 11 is 0. The number of rotatable bonds is 0. The monoisotopic (exact) mass is 176 g/mol. The first-order valence-electron chi connectivity index (χ1n) is 4.98. The zero-order valence-corrected chi connectivity index (χ0v) is 9.39. The molecule has 0 N–H and O–H groups in total. The Balaban J connectivity index is 0.000000671. The van der Waals surface area contributed by atoms with Crippen molar-refractivity contribution in [1.29, 1.82) is 0 Å². The van der Waals surface area contributed by atoms with Crippen LogP contribution in [-0.2, 0) is 0 Å². The molecule has 13 heavy (non-hydrogen) atoms. The second-order valence-corrected chi connectivity index (χ2v) is 2.66. The highest BCUT2D eigenvalue weighted by Gasteiger charge is 1.86. The van der Waals surface area contributed by atoms with Crippen molar-refractivity contribution in [2.45, 2.75) is 34.6 Å². The lowest BCUT2D eigenvalue weighted by molar-refractivity contribution is 1.36. The van der Waals surface area contributed by atoms with E-state index in [9.17, 15) is 0 Å². The van der Waals surface area contributed by atoms with Gasteiger partial charge < -0.3 is 0 Å². The fraction of sp³-hybridized carbons (Fsp3) is 0.385. The van der Waals surface area contributed by atoms with Gasteiger partial charge in [0.15, 0.2) is 0 Å². The Morgan fingerprint density at radius 1 is 1.00 bits per heavy atom. The summed E-state index contributed by atoms with van der Waals surface area (Å²) in [5.41, 5.74) is 1.35. The molecule has 0 aromatic heterocycles. The maximum atomic E-state index is 2.16. The summed E-state index contributed by atoms with van der Waals surface area (Å²) in [6.07, 6.45) is 4.30. The van der Waals surface area contributed by atoms with Crippen molar-refractivity contribution in [2.75, 3.05) is 0 Å². The minimum absolute atomic E-state index is 1.33. The molecule has 0 radical (unpaired) electrons. The van der Waals surface area contributed by atoms with Crippen LogP contribution in [0.1, 0.15) is 33.3 Å². The molecule has 0 saturated heterocycles. The Bertz CT molecular complexity index is 345. The molecule has 0 nitrogen and oxygen atoms in total. The van der Waals surface area contributed by atoms with Crippen LogP contribution in [0, 0.1) is 6.92 Å². The SMILES string of the molecule is C/C=c1/cccc(C)/c1=C/C.CC. The molecule has 1 rings (SSSR count). The van der Waals surface area contributed by atoms with Crippen LogP contribution in [0.4, 0.5) is 0 Å². The molecular weight excluding hydrogens is 156 g/mol. The molecule has 0 aliphatic carbocycles. The van der Waals surface area contributed by atoms with Crippen LogP contribution < -0.4 is 10.4 Å². The van der Waals surface area contributed by atoms with Gasteiger partial charge in [0.2, 0.25) is 0 Å². The molecule has 0 atom stereocenters. The summed E-state index contributed by atoms with van der Waals surface area (Å²) in [6.45, 7) is 10.3. The fourth-order valence-electron chi connectivity index (χ4n) is 1.35. The highest BCUT2D eigenvalue weighted by molar-refractivity contribution is 5.33. The first-order chi connectivity index (χ1) is 6.29. The Labute approximate surface area is 81.6 Å². The van der Waals surface area contributed by atoms with Crippen LogP contribution in [-0.4, -0.2) is 0 Å². The van der Waals surface area contributed by atoms with E-state index in [2.05, 4.69) is 51.1 Å². The Morgan fingerprint density at radius 2 is 1.62 bits per heavy atom. The third kappa shape index (κ3) is 3.06. The minimum atomic E-state index is 1.33. The Hall–Kier alpha value is -1.04. The zero-order valence-electron chi connectivity index (χ0n) is 9.39. The van der Waals surface area contributed by atoms with Gasteiger partial charge in [-0.3, -0.25) is 0 Å². The number of aryl methyl sites for hydroxylation is 1. The normalized spacial score (nSPS) is 12.4. The van der Waals surface area contributed by atoms with Crippen LogP contribution in [0.2, 0.25) is 0 Å². The molecule has 0 saturated carbocycles. The second-order valence-electron chi connectivity index (χ2n) is 2.66. The number of benzene rings is 1. The molecular formula is C13H20. The lowest BCUT2D eigenvalue weighted by Crippen LogP contribution is -2.25. The maximum Gasteiger partial charge on any atom is -0.0201 e. The molecule has 0 heteroatoms. The minimum Gasteiger partial charge on any atom is -0.0798 e. The molecule has 0 aliphatic heterocycles. The molecule has 0 unspecified atom stereocenters. The van der Waals surface area contributed by atoms with E-state index >= 15 is 0 Å². The predicted octanol–water partition coefficient (Wildman–Crippen LogP) is 2.62. The fourth-order valence-corrected chi connectivity index (χ4v) is 1.35. The van der Waals surface area contributed by atoms with Gasteiger partial charge in [-0.25, -0.2) is 0 Å². The van der Waals surface area contributed by atoms with Crippen LogP contribution in [0.25, 0.3) is 12.2 Å². The van der Waals surface area contributed by atoms with Crippen LogP contribution in [0.15, 0.2) is 18.2 Å². The van der Waals surface area contributed by atoms with E-state index in [1.54, 1.807) is 0 Å². The van der Waals surface area contributed by atoms with Gasteiger partial charge in [-0.05, 0) is 36.8 Å². The number of hydrogen-bond donors (Lipinski definition) is 0. The molecule has 0 heterocycles. The van der Waals surface area contributed by atoms with Crippen molar-refractivity contribution >= 4 is 12.2 Å². The molecule has 0 amide bonds. The molecule has 72 valence electrons. The van der Waals surface area contributed by atoms with Crippen molar-refractivity contribution < 1.29 is 0 Å². The number of hydrogen-bond acceptors (Lipinski definition) is 0. The standard InChI is InChI=1S/C11H14.C2H6/c1-4-10-8-6-7-9(3)11(10)5-2;1-2/h4-8H,1-3H3;1-2H3/b10-4-,11-5-;. The van der Waals surface area contributed by atoms with E-state index in [4.69, 9.17) is 0 Å². The van der Waals surface area contributed by atoms with Crippen LogP contribution >= 0.6 is 0 Å². The van der Waals surface area contributed by atoms with Gasteiger partial charge in [-0.1, -0.05) is 44.2 Å². The first kappa shape index (κ1) is 12.0. The summed E-state index contributed by atoms with van der Waals surface area (Å²) in [5.74, 6) is 0. The molecule has 0 fully saturated rings. The van der Waals surface area contributed by atoms with Gasteiger partial charge in [0.05, 0.1) is 0 Å². The Kier molecular flexibility index (Phi) is 5.96. The van der Waals surface area contributed by atoms with Crippen molar-refractivity contribution in [3.63, 3.8) is 0 Å². The summed E-state index contributed by atoms with van der Waals surface area (Å²) in [4.78, 5) is 0. The third-order valence-electron chi connectivity index (χ3n) is 1.96. The smallest absolute Gasteiger partial charge is 0.0201 e. The van der Waals surface area contributed by atoms with Gasteiger partial charge in [-0.2, -0.15) is 0 Å². The van der Waals surface area contributed by atoms with Crippen molar-refractivity contribution in [3.8, 4) is 0 Å². The van der Waals surface area contributed by atoms with E-state index < -0.39 is 0 Å². The zero-order chi connectivity index (χ0) is 10.3. The van der Waals surface area contributed by atoms with Gasteiger partial charge in [0.25, 0.3) is 0 Å². The molecule has 0 aliphatic rings. The lowest BCUT2D eigenvalue weighted by atomic mass is 10.1. The molecule has 1 aromatic rings. The largest absolute Gasteiger partial charge is 0.0798 e. The molecule has 0 bridgehead atoms. The van der Waals surface area contributed by atoms with Gasteiger partial charge >= 0.3 is 0 Å². The van der Waals surface area contributed by atoms with E-state index in [-0.39, 0.29) is 0 Å². The highest BCUT2D eigenvalue weighted by atomic mass is 13.9. The van der Waals surface area contributed by atoms with E-state index in [0.717, 1.165) is 0 Å². The van der Waals surface area contributed by atoms with Crippen molar-refractivity contribution in [2.24, 2.45) is 0 Å². The van der Waals surface area contributed by atoms with E-state index in [1.807, 2.05) is 13.8 Å². The maximum absolute atomic E-state index is 2.16. The highest BCUT2D eigenvalue weighted by Crippen LogP contribution is 1.83. The van der Waals surface area contributed by atoms with Crippen LogP contribution in [0.5, 0.6) is 0 Å². The molecule has 1 aromatic carbocycles. The Morgan fingerprint density at radius 3 is 2.00 bits per heavy atom. The van der Waals surface area contributed by atoms with Crippen molar-refractivity contribution in [1.82, 2.24) is 0 Å². The average Bonchev–Trinajstić information content (AvgIpc) is 2.20. The van der Waals surface area contributed by atoms with Gasteiger partial charge in [-0.15, -0.1) is 0 Å². The summed E-state index contributed by atoms with van der Waals surface area (Å²) in [6, 6.07) is 6.38. The predicted molar refractivity (Wildman–Crippen MR) is 62.1 cm³/mol. The van der Waals surface area contributed by atoms with E-state index in [1.165, 1.54) is 16.0 Å². The first-order valence-corrected chi connectivity index (χ1v) is 4.98. The topological polar surface area (TPSA) is 0 Å². The second kappa shape index (κ2) is 6.47. The molecule has 0 spiro atoms. The van der Waals surface area contributed by atoms with Crippen molar-refractivity contribution in [3.05, 3.63) is 34.2 Å². The van der Waals surface area contributed by atoms with Crippen LogP contribution in [0.3, 0.4) is 0 Å². The van der Waals surface area contributed by atoms with E-state index in [0.29, 0.717) is 0 Å². The van der Waals surface area contributed by atoms with Gasteiger partial charge in [0, 0.05) is 0 Å². The summed E-state index contributed by atoms with van der Waals surface area (Å²) < 4.78 is 0. The summed E-state index contributed by atoms with van der Waals surface area (Å²) in [7, 11) is 0.